The molecule has 7 heteroatoms. The van der Waals surface area contributed by atoms with E-state index in [2.05, 4.69) is 25.6 Å². The number of rotatable bonds is 6. The van der Waals surface area contributed by atoms with Crippen molar-refractivity contribution in [1.82, 2.24) is 20.6 Å². The highest BCUT2D eigenvalue weighted by molar-refractivity contribution is 5.79. The Labute approximate surface area is 168 Å². The first-order valence-corrected chi connectivity index (χ1v) is 9.26. The highest BCUT2D eigenvalue weighted by atomic mass is 16.3. The van der Waals surface area contributed by atoms with Gasteiger partial charge in [-0.3, -0.25) is 4.99 Å². The van der Waals surface area contributed by atoms with E-state index >= 15 is 0 Å². The molecule has 29 heavy (non-hydrogen) atoms. The van der Waals surface area contributed by atoms with Crippen molar-refractivity contribution in [1.29, 1.82) is 0 Å². The van der Waals surface area contributed by atoms with Crippen molar-refractivity contribution in [2.45, 2.75) is 13.1 Å². The van der Waals surface area contributed by atoms with Crippen LogP contribution < -0.4 is 10.6 Å². The van der Waals surface area contributed by atoms with Crippen molar-refractivity contribution < 1.29 is 8.83 Å². The van der Waals surface area contributed by atoms with E-state index in [0.29, 0.717) is 30.8 Å². The van der Waals surface area contributed by atoms with Gasteiger partial charge >= 0.3 is 0 Å². The van der Waals surface area contributed by atoms with E-state index in [-0.39, 0.29) is 0 Å². The number of aromatic nitrogens is 2. The maximum absolute atomic E-state index is 5.56. The molecule has 0 aliphatic rings. The molecular weight excluding hydrogens is 366 g/mol. The number of aliphatic imine (C=N–C) groups is 1. The standard InChI is InChI=1S/C22H21N5O2/c1-23-22(24-12-18-14-28-20(26-18)16-8-4-2-5-9-16)25-13-19-15-29-21(27-19)17-10-6-3-7-11-17/h2-11,14-15H,12-13H2,1H3,(H2,23,24,25). The first-order chi connectivity index (χ1) is 14.3. The highest BCUT2D eigenvalue weighted by Gasteiger charge is 2.09. The van der Waals surface area contributed by atoms with Gasteiger partial charge in [0.25, 0.3) is 0 Å². The summed E-state index contributed by atoms with van der Waals surface area (Å²) >= 11 is 0. The fourth-order valence-corrected chi connectivity index (χ4v) is 2.77. The zero-order valence-electron chi connectivity index (χ0n) is 16.0. The van der Waals surface area contributed by atoms with Gasteiger partial charge in [0.05, 0.1) is 24.5 Å². The summed E-state index contributed by atoms with van der Waals surface area (Å²) < 4.78 is 11.1. The Hall–Kier alpha value is -3.87. The summed E-state index contributed by atoms with van der Waals surface area (Å²) in [4.78, 5) is 13.2. The molecule has 146 valence electrons. The van der Waals surface area contributed by atoms with Gasteiger partial charge in [0.15, 0.2) is 5.96 Å². The first-order valence-electron chi connectivity index (χ1n) is 9.26. The van der Waals surface area contributed by atoms with Crippen molar-refractivity contribution in [3.8, 4) is 22.9 Å². The molecule has 0 aliphatic carbocycles. The molecule has 4 aromatic rings. The lowest BCUT2D eigenvalue weighted by Crippen LogP contribution is -2.36. The molecule has 2 N–H and O–H groups in total. The number of benzene rings is 2. The van der Waals surface area contributed by atoms with Gasteiger partial charge in [-0.25, -0.2) is 9.97 Å². The number of nitrogens with zero attached hydrogens (tertiary/aromatic N) is 3. The van der Waals surface area contributed by atoms with Gasteiger partial charge in [-0.05, 0) is 24.3 Å². The number of hydrogen-bond donors (Lipinski definition) is 2. The molecule has 0 radical (unpaired) electrons. The van der Waals surface area contributed by atoms with Crippen LogP contribution in [0.2, 0.25) is 0 Å². The fraction of sp³-hybridized carbons (Fsp3) is 0.136. The lowest BCUT2D eigenvalue weighted by atomic mass is 10.2. The highest BCUT2D eigenvalue weighted by Crippen LogP contribution is 2.18. The van der Waals surface area contributed by atoms with Gasteiger partial charge in [0, 0.05) is 18.2 Å². The quantitative estimate of drug-likeness (QED) is 0.386. The number of oxazole rings is 2. The largest absolute Gasteiger partial charge is 0.444 e. The van der Waals surface area contributed by atoms with Crippen LogP contribution in [0.4, 0.5) is 0 Å². The predicted octanol–water partition coefficient (Wildman–Crippen LogP) is 3.86. The maximum atomic E-state index is 5.56. The molecule has 0 atom stereocenters. The zero-order chi connectivity index (χ0) is 19.9. The van der Waals surface area contributed by atoms with Crippen LogP contribution in [-0.2, 0) is 13.1 Å². The van der Waals surface area contributed by atoms with Crippen LogP contribution in [0.15, 0.2) is 87.0 Å². The van der Waals surface area contributed by atoms with Gasteiger partial charge in [-0.15, -0.1) is 0 Å². The molecule has 0 saturated heterocycles. The van der Waals surface area contributed by atoms with Crippen molar-refractivity contribution in [3.05, 3.63) is 84.6 Å². The second-order valence-corrected chi connectivity index (χ2v) is 6.30. The van der Waals surface area contributed by atoms with Crippen LogP contribution in [0.3, 0.4) is 0 Å². The Kier molecular flexibility index (Phi) is 5.66. The summed E-state index contributed by atoms with van der Waals surface area (Å²) in [6, 6.07) is 19.6. The van der Waals surface area contributed by atoms with E-state index < -0.39 is 0 Å². The summed E-state index contributed by atoms with van der Waals surface area (Å²) in [6.07, 6.45) is 3.29. The predicted molar refractivity (Wildman–Crippen MR) is 111 cm³/mol. The van der Waals surface area contributed by atoms with Crippen LogP contribution in [0, 0.1) is 0 Å². The molecular formula is C22H21N5O2. The number of hydrogen-bond acceptors (Lipinski definition) is 5. The van der Waals surface area contributed by atoms with E-state index in [9.17, 15) is 0 Å². The Bertz CT molecular complexity index is 987. The van der Waals surface area contributed by atoms with E-state index in [0.717, 1.165) is 22.5 Å². The fourth-order valence-electron chi connectivity index (χ4n) is 2.77. The van der Waals surface area contributed by atoms with E-state index in [1.54, 1.807) is 19.6 Å². The van der Waals surface area contributed by atoms with Gasteiger partial charge in [0.1, 0.15) is 12.5 Å². The summed E-state index contributed by atoms with van der Waals surface area (Å²) in [7, 11) is 1.71. The molecule has 2 heterocycles. The minimum atomic E-state index is 0.490. The molecule has 0 spiro atoms. The number of guanidine groups is 1. The van der Waals surface area contributed by atoms with Gasteiger partial charge in [0.2, 0.25) is 11.8 Å². The molecule has 0 unspecified atom stereocenters. The van der Waals surface area contributed by atoms with Crippen molar-refractivity contribution in [2.75, 3.05) is 7.05 Å². The van der Waals surface area contributed by atoms with Crippen molar-refractivity contribution in [2.24, 2.45) is 4.99 Å². The number of nitrogens with one attached hydrogen (secondary N) is 2. The van der Waals surface area contributed by atoms with Crippen LogP contribution >= 0.6 is 0 Å². The molecule has 7 nitrogen and oxygen atoms in total. The van der Waals surface area contributed by atoms with E-state index in [4.69, 9.17) is 8.83 Å². The normalized spacial score (nSPS) is 10.5. The molecule has 2 aromatic heterocycles. The van der Waals surface area contributed by atoms with Crippen LogP contribution in [0.1, 0.15) is 11.4 Å². The molecule has 4 rings (SSSR count). The lowest BCUT2D eigenvalue weighted by Gasteiger charge is -2.09. The average Bonchev–Trinajstić information content (AvgIpc) is 3.45. The van der Waals surface area contributed by atoms with Gasteiger partial charge < -0.3 is 19.5 Å². The topological polar surface area (TPSA) is 88.5 Å². The van der Waals surface area contributed by atoms with E-state index in [1.807, 2.05) is 60.7 Å². The molecule has 0 fully saturated rings. The van der Waals surface area contributed by atoms with Crippen molar-refractivity contribution in [3.63, 3.8) is 0 Å². The minimum Gasteiger partial charge on any atom is -0.444 e. The van der Waals surface area contributed by atoms with Crippen molar-refractivity contribution >= 4 is 5.96 Å². The Morgan fingerprint density at radius 2 is 1.21 bits per heavy atom. The monoisotopic (exact) mass is 387 g/mol. The third kappa shape index (κ3) is 4.70. The average molecular weight is 387 g/mol. The van der Waals surface area contributed by atoms with Gasteiger partial charge in [-0.2, -0.15) is 0 Å². The Morgan fingerprint density at radius 1 is 0.759 bits per heavy atom. The second-order valence-electron chi connectivity index (χ2n) is 6.30. The summed E-state index contributed by atoms with van der Waals surface area (Å²) in [6.45, 7) is 0.980. The lowest BCUT2D eigenvalue weighted by molar-refractivity contribution is 0.571. The summed E-state index contributed by atoms with van der Waals surface area (Å²) in [5.41, 5.74) is 3.47. The second kappa shape index (κ2) is 8.88. The smallest absolute Gasteiger partial charge is 0.226 e. The minimum absolute atomic E-state index is 0.490. The molecule has 0 saturated carbocycles. The van der Waals surface area contributed by atoms with Crippen LogP contribution in [0.5, 0.6) is 0 Å². The first kappa shape index (κ1) is 18.5. The van der Waals surface area contributed by atoms with Crippen LogP contribution in [0.25, 0.3) is 22.9 Å². The molecule has 0 amide bonds. The SMILES string of the molecule is CN=C(NCc1coc(-c2ccccc2)n1)NCc1coc(-c2ccccc2)n1. The zero-order valence-corrected chi connectivity index (χ0v) is 16.0. The van der Waals surface area contributed by atoms with Crippen LogP contribution in [-0.4, -0.2) is 23.0 Å². The summed E-state index contributed by atoms with van der Waals surface area (Å²) in [5.74, 6) is 1.83. The maximum Gasteiger partial charge on any atom is 0.226 e. The molecule has 0 bridgehead atoms. The Morgan fingerprint density at radius 3 is 1.62 bits per heavy atom. The Balaban J connectivity index is 1.31. The molecule has 0 aliphatic heterocycles. The van der Waals surface area contributed by atoms with Gasteiger partial charge in [-0.1, -0.05) is 36.4 Å². The third-order valence-electron chi connectivity index (χ3n) is 4.24. The van der Waals surface area contributed by atoms with E-state index in [1.165, 1.54) is 0 Å². The summed E-state index contributed by atoms with van der Waals surface area (Å²) in [5, 5.41) is 6.43. The third-order valence-corrected chi connectivity index (χ3v) is 4.24. The molecule has 2 aromatic carbocycles.